The standard InChI is InChI=1S/C24H45IO6Si/c1-8-32(9-2,10-3)31-23-21(12-11-18(4)25)30-20(14-22(23)27-17-26-7)13-19-15-28-24(5,6)29-16-19/h11,19-23H,8-10,12-17H2,1-7H3/b18-11-/t20-,21-,22+,23-/m1/s1. The van der Waals surface area contributed by atoms with Gasteiger partial charge in [-0.05, 0) is 77.9 Å². The molecule has 2 fully saturated rings. The molecule has 2 aliphatic rings. The summed E-state index contributed by atoms with van der Waals surface area (Å²) in [4.78, 5) is 0. The average molecular weight is 585 g/mol. The van der Waals surface area contributed by atoms with Crippen LogP contribution in [0.5, 0.6) is 0 Å². The highest BCUT2D eigenvalue weighted by Crippen LogP contribution is 2.36. The van der Waals surface area contributed by atoms with E-state index in [0.29, 0.717) is 19.1 Å². The largest absolute Gasteiger partial charge is 0.409 e. The second-order valence-electron chi connectivity index (χ2n) is 9.62. The van der Waals surface area contributed by atoms with E-state index < -0.39 is 14.1 Å². The van der Waals surface area contributed by atoms with Crippen molar-refractivity contribution in [3.8, 4) is 0 Å². The van der Waals surface area contributed by atoms with Crippen molar-refractivity contribution in [3.63, 3.8) is 0 Å². The summed E-state index contributed by atoms with van der Waals surface area (Å²) >= 11 is 2.37. The lowest BCUT2D eigenvalue weighted by Crippen LogP contribution is -2.56. The maximum absolute atomic E-state index is 7.00. The van der Waals surface area contributed by atoms with Gasteiger partial charge in [0.15, 0.2) is 14.1 Å². The first kappa shape index (κ1) is 28.7. The van der Waals surface area contributed by atoms with E-state index in [1.54, 1.807) is 7.11 Å². The molecule has 6 nitrogen and oxygen atoms in total. The lowest BCUT2D eigenvalue weighted by atomic mass is 9.90. The van der Waals surface area contributed by atoms with Crippen LogP contribution in [-0.4, -0.2) is 65.6 Å². The van der Waals surface area contributed by atoms with Crippen molar-refractivity contribution in [2.24, 2.45) is 5.92 Å². The van der Waals surface area contributed by atoms with Gasteiger partial charge in [0, 0.05) is 19.4 Å². The van der Waals surface area contributed by atoms with Crippen LogP contribution in [0, 0.1) is 5.92 Å². The van der Waals surface area contributed by atoms with E-state index in [1.807, 2.05) is 13.8 Å². The van der Waals surface area contributed by atoms with Crippen LogP contribution in [0.3, 0.4) is 0 Å². The molecule has 0 saturated carbocycles. The van der Waals surface area contributed by atoms with Gasteiger partial charge in [-0.25, -0.2) is 0 Å². The van der Waals surface area contributed by atoms with Gasteiger partial charge in [-0.3, -0.25) is 0 Å². The highest BCUT2D eigenvalue weighted by atomic mass is 127. The summed E-state index contributed by atoms with van der Waals surface area (Å²) in [5.41, 5.74) is 0. The minimum atomic E-state index is -1.83. The zero-order valence-corrected chi connectivity index (χ0v) is 24.3. The maximum atomic E-state index is 7.00. The van der Waals surface area contributed by atoms with E-state index >= 15 is 0 Å². The minimum Gasteiger partial charge on any atom is -0.409 e. The van der Waals surface area contributed by atoms with Gasteiger partial charge in [0.2, 0.25) is 0 Å². The molecular formula is C24H45IO6Si. The fraction of sp³-hybridized carbons (Fsp3) is 0.917. The quantitative estimate of drug-likeness (QED) is 0.158. The lowest BCUT2D eigenvalue weighted by Gasteiger charge is -2.46. The Kier molecular flexibility index (Phi) is 12.1. The molecule has 0 spiro atoms. The predicted molar refractivity (Wildman–Crippen MR) is 139 cm³/mol. The van der Waals surface area contributed by atoms with Crippen molar-refractivity contribution >= 4 is 30.9 Å². The molecule has 0 N–H and O–H groups in total. The van der Waals surface area contributed by atoms with Gasteiger partial charge in [0.05, 0.1) is 37.6 Å². The SMILES string of the molecule is CC[Si](CC)(CC)O[C@H]1[C@@H](OCOC)C[C@@H](CC2COC(C)(C)OC2)O[C@@H]1C/C=C(/C)I. The number of allylic oxidation sites excluding steroid dienone is 1. The molecule has 0 aromatic rings. The van der Waals surface area contributed by atoms with Crippen LogP contribution in [-0.2, 0) is 28.1 Å². The van der Waals surface area contributed by atoms with E-state index in [9.17, 15) is 0 Å². The second kappa shape index (κ2) is 13.5. The van der Waals surface area contributed by atoms with E-state index in [-0.39, 0.29) is 31.2 Å². The van der Waals surface area contributed by atoms with Gasteiger partial charge in [-0.1, -0.05) is 26.8 Å². The third-order valence-electron chi connectivity index (χ3n) is 6.88. The number of halogens is 1. The molecule has 2 aliphatic heterocycles. The zero-order chi connectivity index (χ0) is 23.8. The summed E-state index contributed by atoms with van der Waals surface area (Å²) in [5, 5.41) is 0. The van der Waals surface area contributed by atoms with E-state index in [4.69, 9.17) is 28.1 Å². The van der Waals surface area contributed by atoms with Gasteiger partial charge in [-0.2, -0.15) is 0 Å². The molecule has 0 amide bonds. The smallest absolute Gasteiger partial charge is 0.192 e. The first-order valence-corrected chi connectivity index (χ1v) is 15.8. The van der Waals surface area contributed by atoms with E-state index in [0.717, 1.165) is 37.4 Å². The second-order valence-corrected chi connectivity index (χ2v) is 16.0. The van der Waals surface area contributed by atoms with Gasteiger partial charge in [0.25, 0.3) is 0 Å². The summed E-state index contributed by atoms with van der Waals surface area (Å²) in [6.45, 7) is 14.5. The van der Waals surface area contributed by atoms with Crippen LogP contribution < -0.4 is 0 Å². The fourth-order valence-electron chi connectivity index (χ4n) is 4.63. The topological polar surface area (TPSA) is 55.4 Å². The Balaban J connectivity index is 2.19. The van der Waals surface area contributed by atoms with Gasteiger partial charge in [0.1, 0.15) is 6.79 Å². The number of rotatable bonds is 12. The lowest BCUT2D eigenvalue weighted by molar-refractivity contribution is -0.268. The highest BCUT2D eigenvalue weighted by Gasteiger charge is 2.45. The minimum absolute atomic E-state index is 0.0290. The van der Waals surface area contributed by atoms with E-state index in [1.165, 1.54) is 3.58 Å². The van der Waals surface area contributed by atoms with Gasteiger partial charge in [-0.15, -0.1) is 0 Å². The number of hydrogen-bond donors (Lipinski definition) is 0. The summed E-state index contributed by atoms with van der Waals surface area (Å²) in [5.74, 6) is -0.168. The van der Waals surface area contributed by atoms with Gasteiger partial charge >= 0.3 is 0 Å². The van der Waals surface area contributed by atoms with Gasteiger partial charge < -0.3 is 28.1 Å². The van der Waals surface area contributed by atoms with Crippen molar-refractivity contribution < 1.29 is 28.1 Å². The molecule has 0 aromatic heterocycles. The van der Waals surface area contributed by atoms with Crippen LogP contribution >= 0.6 is 22.6 Å². The Morgan fingerprint density at radius 1 is 1.12 bits per heavy atom. The van der Waals surface area contributed by atoms with Crippen molar-refractivity contribution in [2.75, 3.05) is 27.1 Å². The van der Waals surface area contributed by atoms with Crippen molar-refractivity contribution in [1.82, 2.24) is 0 Å². The first-order chi connectivity index (χ1) is 15.2. The number of ether oxygens (including phenoxy) is 5. The Labute approximate surface area is 210 Å². The summed E-state index contributed by atoms with van der Waals surface area (Å²) in [6.07, 6.45) is 4.73. The van der Waals surface area contributed by atoms with E-state index in [2.05, 4.69) is 56.4 Å². The van der Waals surface area contributed by atoms with Crippen LogP contribution in [0.15, 0.2) is 9.66 Å². The van der Waals surface area contributed by atoms with Crippen LogP contribution in [0.2, 0.25) is 18.1 Å². The van der Waals surface area contributed by atoms with Crippen LogP contribution in [0.4, 0.5) is 0 Å². The molecule has 2 saturated heterocycles. The summed E-state index contributed by atoms with van der Waals surface area (Å²) < 4.78 is 38.3. The highest BCUT2D eigenvalue weighted by molar-refractivity contribution is 14.1. The number of hydrogen-bond acceptors (Lipinski definition) is 6. The van der Waals surface area contributed by atoms with Crippen molar-refractivity contribution in [3.05, 3.63) is 9.66 Å². The molecule has 188 valence electrons. The monoisotopic (exact) mass is 584 g/mol. The zero-order valence-electron chi connectivity index (χ0n) is 21.2. The molecule has 0 unspecified atom stereocenters. The average Bonchev–Trinajstić information content (AvgIpc) is 2.77. The van der Waals surface area contributed by atoms with Crippen molar-refractivity contribution in [1.29, 1.82) is 0 Å². The Morgan fingerprint density at radius 3 is 2.28 bits per heavy atom. The molecule has 0 aromatic carbocycles. The predicted octanol–water partition coefficient (Wildman–Crippen LogP) is 6.04. The fourth-order valence-corrected chi connectivity index (χ4v) is 7.76. The van der Waals surface area contributed by atoms with Crippen LogP contribution in [0.1, 0.15) is 60.8 Å². The van der Waals surface area contributed by atoms with Crippen molar-refractivity contribution in [2.45, 2.75) is 109 Å². The first-order valence-electron chi connectivity index (χ1n) is 12.2. The third kappa shape index (κ3) is 8.59. The number of methoxy groups -OCH3 is 1. The van der Waals surface area contributed by atoms with Crippen LogP contribution in [0.25, 0.3) is 0 Å². The Morgan fingerprint density at radius 2 is 1.75 bits per heavy atom. The summed E-state index contributed by atoms with van der Waals surface area (Å²) in [7, 11) is -0.153. The molecular weight excluding hydrogens is 539 g/mol. The Bertz CT molecular complexity index is 561. The molecule has 0 bridgehead atoms. The Hall–Kier alpha value is 0.447. The molecule has 0 aliphatic carbocycles. The molecule has 2 rings (SSSR count). The molecule has 4 atom stereocenters. The third-order valence-corrected chi connectivity index (χ3v) is 12.0. The molecule has 2 heterocycles. The normalized spacial score (nSPS) is 29.9. The maximum Gasteiger partial charge on any atom is 0.192 e. The summed E-state index contributed by atoms with van der Waals surface area (Å²) in [6, 6.07) is 3.33. The molecule has 32 heavy (non-hydrogen) atoms. The molecule has 8 heteroatoms. The molecule has 0 radical (unpaired) electrons.